The van der Waals surface area contributed by atoms with E-state index in [1.54, 1.807) is 7.11 Å². The predicted octanol–water partition coefficient (Wildman–Crippen LogP) is 11.1. The van der Waals surface area contributed by atoms with Crippen molar-refractivity contribution >= 4 is 11.7 Å². The molecule has 1 N–H and O–H groups in total. The summed E-state index contributed by atoms with van der Waals surface area (Å²) in [5.41, 5.74) is 10.4. The second-order valence-electron chi connectivity index (χ2n) is 13.2. The number of hydrogen-bond donors (Lipinski definition) is 1. The van der Waals surface area contributed by atoms with Gasteiger partial charge in [0.15, 0.2) is 0 Å². The fraction of sp³-hybridized carbons (Fsp3) is 0.295. The lowest BCUT2D eigenvalue weighted by atomic mass is 9.84. The third-order valence-corrected chi connectivity index (χ3v) is 8.93. The van der Waals surface area contributed by atoms with Gasteiger partial charge in [0.1, 0.15) is 18.1 Å². The molecule has 49 heavy (non-hydrogen) atoms. The molecule has 0 bridgehead atoms. The van der Waals surface area contributed by atoms with Gasteiger partial charge in [0.05, 0.1) is 24.8 Å². The van der Waals surface area contributed by atoms with Gasteiger partial charge in [0.2, 0.25) is 0 Å². The minimum atomic E-state index is -0.371. The largest absolute Gasteiger partial charge is 0.489 e. The zero-order chi connectivity index (χ0) is 34.9. The van der Waals surface area contributed by atoms with Gasteiger partial charge in [-0.2, -0.15) is 0 Å². The maximum absolute atomic E-state index is 14.4. The molecule has 5 aromatic carbocycles. The fourth-order valence-corrected chi connectivity index (χ4v) is 6.57. The van der Waals surface area contributed by atoms with Crippen LogP contribution in [0.15, 0.2) is 109 Å². The number of rotatable bonds is 14. The van der Waals surface area contributed by atoms with Gasteiger partial charge in [-0.15, -0.1) is 0 Å². The van der Waals surface area contributed by atoms with Crippen LogP contribution in [0.3, 0.4) is 0 Å². The maximum Gasteiger partial charge on any atom is 0.313 e. The molecule has 0 amide bonds. The van der Waals surface area contributed by atoms with Crippen molar-refractivity contribution in [1.29, 1.82) is 0 Å². The van der Waals surface area contributed by atoms with Crippen LogP contribution < -0.4 is 14.8 Å². The normalized spacial score (nSPS) is 11.9. The molecule has 0 radical (unpaired) electrons. The molecule has 0 saturated carbocycles. The summed E-state index contributed by atoms with van der Waals surface area (Å²) < 4.78 is 17.9. The zero-order valence-electron chi connectivity index (χ0n) is 29.9. The van der Waals surface area contributed by atoms with E-state index in [1.165, 1.54) is 11.1 Å². The highest BCUT2D eigenvalue weighted by atomic mass is 16.5. The molecule has 0 aliphatic heterocycles. The highest BCUT2D eigenvalue weighted by molar-refractivity contribution is 5.91. The van der Waals surface area contributed by atoms with E-state index in [2.05, 4.69) is 101 Å². The van der Waals surface area contributed by atoms with Crippen molar-refractivity contribution in [3.63, 3.8) is 0 Å². The number of methoxy groups -OCH3 is 1. The van der Waals surface area contributed by atoms with Gasteiger partial charge in [-0.05, 0) is 76.8 Å². The third-order valence-electron chi connectivity index (χ3n) is 8.93. The van der Waals surface area contributed by atoms with Gasteiger partial charge in [-0.1, -0.05) is 125 Å². The van der Waals surface area contributed by atoms with Gasteiger partial charge in [-0.25, -0.2) is 0 Å². The molecule has 0 aromatic heterocycles. The number of aryl methyl sites for hydroxylation is 2. The summed E-state index contributed by atoms with van der Waals surface area (Å²) in [6, 6.07) is 36.6. The molecule has 5 aromatic rings. The number of esters is 1. The van der Waals surface area contributed by atoms with Gasteiger partial charge in [-0.3, -0.25) is 4.79 Å². The molecule has 0 spiro atoms. The van der Waals surface area contributed by atoms with E-state index >= 15 is 0 Å². The Hall–Kier alpha value is -4.87. The number of carbonyl (C=O) groups is 1. The van der Waals surface area contributed by atoms with Crippen LogP contribution in [0.1, 0.15) is 79.8 Å². The Kier molecular flexibility index (Phi) is 11.9. The Morgan fingerprint density at radius 1 is 0.673 bits per heavy atom. The maximum atomic E-state index is 14.4. The first-order valence-corrected chi connectivity index (χ1v) is 17.2. The van der Waals surface area contributed by atoms with Crippen molar-refractivity contribution in [2.75, 3.05) is 25.6 Å². The average Bonchev–Trinajstić information content (AvgIpc) is 3.09. The third kappa shape index (κ3) is 8.41. The number of para-hydroxylation sites is 2. The molecule has 0 heterocycles. The lowest BCUT2D eigenvalue weighted by Crippen LogP contribution is -2.20. The van der Waals surface area contributed by atoms with Gasteiger partial charge in [0, 0.05) is 18.2 Å². The first-order valence-electron chi connectivity index (χ1n) is 17.2. The highest BCUT2D eigenvalue weighted by Crippen LogP contribution is 2.47. The van der Waals surface area contributed by atoms with Crippen molar-refractivity contribution in [1.82, 2.24) is 0 Å². The average molecular weight is 656 g/mol. The first-order chi connectivity index (χ1) is 23.7. The molecule has 0 saturated heterocycles. The topological polar surface area (TPSA) is 56.8 Å². The molecule has 0 aliphatic carbocycles. The first kappa shape index (κ1) is 35.4. The monoisotopic (exact) mass is 655 g/mol. The molecule has 5 rings (SSSR count). The van der Waals surface area contributed by atoms with Crippen molar-refractivity contribution in [3.05, 3.63) is 137 Å². The molecule has 254 valence electrons. The fourth-order valence-electron chi connectivity index (χ4n) is 6.57. The molecular formula is C44H49NO4. The standard InChI is InChI=1S/C44H49NO4/c1-29(2)34-19-11-13-21-36(34)42-31(5)27-32(6)43(37-22-14-12-20-35(37)30(3)4)44(42)49-41(46)28-39(33-17-9-8-10-18-33)45-38-23-15-16-24-40(38)48-26-25-47-7/h8-24,27,29-30,39,45H,25-26,28H2,1-7H3. The van der Waals surface area contributed by atoms with E-state index in [0.717, 1.165) is 44.6 Å². The van der Waals surface area contributed by atoms with E-state index in [-0.39, 0.29) is 30.3 Å². The predicted molar refractivity (Wildman–Crippen MR) is 202 cm³/mol. The summed E-state index contributed by atoms with van der Waals surface area (Å²) in [5.74, 6) is 1.55. The number of anilines is 1. The molecule has 0 aliphatic rings. The Bertz CT molecular complexity index is 1790. The van der Waals surface area contributed by atoms with Crippen LogP contribution in [-0.2, 0) is 9.53 Å². The molecule has 5 nitrogen and oxygen atoms in total. The van der Waals surface area contributed by atoms with Crippen LogP contribution in [0.2, 0.25) is 0 Å². The van der Waals surface area contributed by atoms with Crippen LogP contribution >= 0.6 is 0 Å². The summed E-state index contributed by atoms with van der Waals surface area (Å²) in [6.45, 7) is 13.9. The SMILES string of the molecule is COCCOc1ccccc1NC(CC(=O)Oc1c(-c2ccccc2C(C)C)c(C)cc(C)c1-c1ccccc1C(C)C)c1ccccc1. The van der Waals surface area contributed by atoms with Crippen LogP contribution in [-0.4, -0.2) is 26.3 Å². The lowest BCUT2D eigenvalue weighted by molar-refractivity contribution is -0.134. The number of ether oxygens (including phenoxy) is 3. The van der Waals surface area contributed by atoms with Gasteiger partial charge in [0.25, 0.3) is 0 Å². The number of carbonyl (C=O) groups excluding carboxylic acids is 1. The van der Waals surface area contributed by atoms with Crippen LogP contribution in [0.5, 0.6) is 11.5 Å². The van der Waals surface area contributed by atoms with E-state index < -0.39 is 0 Å². The summed E-state index contributed by atoms with van der Waals surface area (Å²) in [4.78, 5) is 14.4. The Morgan fingerprint density at radius 2 is 1.20 bits per heavy atom. The van der Waals surface area contributed by atoms with E-state index in [0.29, 0.717) is 24.7 Å². The van der Waals surface area contributed by atoms with E-state index in [1.807, 2.05) is 54.6 Å². The van der Waals surface area contributed by atoms with Crippen LogP contribution in [0.25, 0.3) is 22.3 Å². The summed E-state index contributed by atoms with van der Waals surface area (Å²) in [7, 11) is 1.65. The Morgan fingerprint density at radius 3 is 1.78 bits per heavy atom. The molecule has 0 fully saturated rings. The zero-order valence-corrected chi connectivity index (χ0v) is 29.9. The minimum absolute atomic E-state index is 0.0972. The molecular weight excluding hydrogens is 606 g/mol. The molecule has 1 atom stereocenters. The summed E-state index contributed by atoms with van der Waals surface area (Å²) in [6.07, 6.45) is 0.0972. The second kappa shape index (κ2) is 16.5. The second-order valence-corrected chi connectivity index (χ2v) is 13.2. The highest BCUT2D eigenvalue weighted by Gasteiger charge is 2.27. The number of hydrogen-bond acceptors (Lipinski definition) is 5. The van der Waals surface area contributed by atoms with Crippen molar-refractivity contribution in [2.45, 2.75) is 65.8 Å². The van der Waals surface area contributed by atoms with Crippen molar-refractivity contribution < 1.29 is 19.0 Å². The number of benzene rings is 5. The minimum Gasteiger partial charge on any atom is -0.489 e. The van der Waals surface area contributed by atoms with Crippen molar-refractivity contribution in [3.8, 4) is 33.8 Å². The van der Waals surface area contributed by atoms with E-state index in [9.17, 15) is 4.79 Å². The van der Waals surface area contributed by atoms with Crippen LogP contribution in [0.4, 0.5) is 5.69 Å². The number of nitrogens with one attached hydrogen (secondary N) is 1. The quantitative estimate of drug-likeness (QED) is 0.0733. The summed E-state index contributed by atoms with van der Waals surface area (Å²) in [5, 5.41) is 3.60. The van der Waals surface area contributed by atoms with Gasteiger partial charge >= 0.3 is 5.97 Å². The molecule has 5 heteroatoms. The Labute approximate surface area is 292 Å². The molecule has 1 unspecified atom stereocenters. The Balaban J connectivity index is 1.62. The smallest absolute Gasteiger partial charge is 0.313 e. The lowest BCUT2D eigenvalue weighted by Gasteiger charge is -2.25. The summed E-state index contributed by atoms with van der Waals surface area (Å²) >= 11 is 0. The van der Waals surface area contributed by atoms with Crippen molar-refractivity contribution in [2.24, 2.45) is 0 Å². The van der Waals surface area contributed by atoms with Gasteiger partial charge < -0.3 is 19.5 Å². The van der Waals surface area contributed by atoms with E-state index in [4.69, 9.17) is 14.2 Å². The van der Waals surface area contributed by atoms with Crippen LogP contribution in [0, 0.1) is 13.8 Å².